The van der Waals surface area contributed by atoms with Gasteiger partial charge in [-0.15, -0.1) is 0 Å². The lowest BCUT2D eigenvalue weighted by atomic mass is 10.2. The van der Waals surface area contributed by atoms with Crippen molar-refractivity contribution in [3.8, 4) is 0 Å². The third-order valence-electron chi connectivity index (χ3n) is 4.84. The van der Waals surface area contributed by atoms with Crippen LogP contribution in [-0.2, 0) is 24.3 Å². The molecule has 0 aromatic carbocycles. The van der Waals surface area contributed by atoms with Crippen LogP contribution in [0.5, 0.6) is 0 Å². The van der Waals surface area contributed by atoms with Gasteiger partial charge in [-0.2, -0.15) is 4.72 Å². The molecule has 1 aliphatic heterocycles. The van der Waals surface area contributed by atoms with Crippen LogP contribution in [0.25, 0.3) is 0 Å². The molecule has 0 unspecified atom stereocenters. The fourth-order valence-corrected chi connectivity index (χ4v) is 4.83. The molecule has 1 saturated heterocycles. The van der Waals surface area contributed by atoms with Gasteiger partial charge in [0.15, 0.2) is 5.76 Å². The molecule has 1 aromatic heterocycles. The molecular weight excluding hydrogens is 414 g/mol. The lowest BCUT2D eigenvalue weighted by Gasteiger charge is -2.35. The Kier molecular flexibility index (Phi) is 8.77. The molecule has 1 fully saturated rings. The zero-order valence-corrected chi connectivity index (χ0v) is 18.8. The van der Waals surface area contributed by atoms with E-state index >= 15 is 0 Å². The fraction of sp³-hybridized carbons (Fsp3) is 0.722. The van der Waals surface area contributed by atoms with Gasteiger partial charge in [-0.3, -0.25) is 14.5 Å². The van der Waals surface area contributed by atoms with Crippen molar-refractivity contribution in [3.63, 3.8) is 0 Å². The highest BCUT2D eigenvalue weighted by Crippen LogP contribution is 2.19. The summed E-state index contributed by atoms with van der Waals surface area (Å²) < 4.78 is 37.4. The molecule has 1 atom stereocenters. The second-order valence-corrected chi connectivity index (χ2v) is 8.94. The van der Waals surface area contributed by atoms with Gasteiger partial charge in [0.05, 0.1) is 12.6 Å². The van der Waals surface area contributed by atoms with Crippen molar-refractivity contribution in [2.24, 2.45) is 0 Å². The van der Waals surface area contributed by atoms with E-state index in [1.54, 1.807) is 12.0 Å². The van der Waals surface area contributed by atoms with Crippen LogP contribution in [0.15, 0.2) is 9.42 Å². The van der Waals surface area contributed by atoms with Gasteiger partial charge in [-0.05, 0) is 27.2 Å². The maximum absolute atomic E-state index is 12.7. The number of amides is 2. The Balaban J connectivity index is 1.81. The number of hydrogen-bond acceptors (Lipinski definition) is 8. The number of carbonyl (C=O) groups is 2. The van der Waals surface area contributed by atoms with E-state index in [1.807, 2.05) is 4.90 Å². The van der Waals surface area contributed by atoms with Crippen LogP contribution < -0.4 is 10.0 Å². The van der Waals surface area contributed by atoms with Crippen molar-refractivity contribution in [3.05, 3.63) is 11.5 Å². The van der Waals surface area contributed by atoms with Crippen LogP contribution in [0.3, 0.4) is 0 Å². The molecular formula is C18H31N5O6S. The smallest absolute Gasteiger partial charge is 0.246 e. The topological polar surface area (TPSA) is 134 Å². The van der Waals surface area contributed by atoms with E-state index in [4.69, 9.17) is 9.26 Å². The molecule has 0 saturated carbocycles. The first kappa shape index (κ1) is 24.3. The molecule has 170 valence electrons. The fourth-order valence-electron chi connectivity index (χ4n) is 3.30. The summed E-state index contributed by atoms with van der Waals surface area (Å²) in [6.07, 6.45) is 0.756. The van der Waals surface area contributed by atoms with Gasteiger partial charge in [-0.1, -0.05) is 5.16 Å². The third kappa shape index (κ3) is 6.49. The Hall–Kier alpha value is -2.02. The minimum absolute atomic E-state index is 0.0384. The van der Waals surface area contributed by atoms with E-state index < -0.39 is 16.1 Å². The van der Waals surface area contributed by atoms with E-state index in [1.165, 1.54) is 20.8 Å². The molecule has 1 aliphatic rings. The predicted octanol–water partition coefficient (Wildman–Crippen LogP) is -0.745. The number of ether oxygens (including phenoxy) is 1. The van der Waals surface area contributed by atoms with Gasteiger partial charge >= 0.3 is 0 Å². The van der Waals surface area contributed by atoms with Crippen LogP contribution in [0.4, 0.5) is 0 Å². The van der Waals surface area contributed by atoms with Crippen LogP contribution >= 0.6 is 0 Å². The van der Waals surface area contributed by atoms with Crippen molar-refractivity contribution < 1.29 is 27.3 Å². The molecule has 12 heteroatoms. The van der Waals surface area contributed by atoms with Crippen LogP contribution in [0, 0.1) is 13.8 Å². The first-order chi connectivity index (χ1) is 14.2. The average molecular weight is 446 g/mol. The molecule has 2 N–H and O–H groups in total. The van der Waals surface area contributed by atoms with E-state index in [9.17, 15) is 18.0 Å². The molecule has 30 heavy (non-hydrogen) atoms. The number of hydrogen-bond donors (Lipinski definition) is 2. The quantitative estimate of drug-likeness (QED) is 0.450. The normalized spacial score (nSPS) is 16.5. The maximum atomic E-state index is 12.7. The summed E-state index contributed by atoms with van der Waals surface area (Å²) in [4.78, 5) is 28.2. The maximum Gasteiger partial charge on any atom is 0.246 e. The molecule has 0 aliphatic carbocycles. The van der Waals surface area contributed by atoms with E-state index in [0.29, 0.717) is 39.3 Å². The minimum atomic E-state index is -3.93. The number of piperazine rings is 1. The van der Waals surface area contributed by atoms with E-state index in [2.05, 4.69) is 15.2 Å². The summed E-state index contributed by atoms with van der Waals surface area (Å²) in [5, 5.41) is 6.48. The van der Waals surface area contributed by atoms with Crippen molar-refractivity contribution in [2.45, 2.75) is 38.1 Å². The summed E-state index contributed by atoms with van der Waals surface area (Å²) >= 11 is 0. The first-order valence-corrected chi connectivity index (χ1v) is 11.4. The monoisotopic (exact) mass is 445 g/mol. The SMILES string of the molecule is COCCCNC(=O)CN1CCN(C(=O)[C@H](C)NS(=O)(=O)c2c(C)noc2C)CC1. The van der Waals surface area contributed by atoms with Crippen molar-refractivity contribution in [1.82, 2.24) is 25.0 Å². The number of nitrogens with one attached hydrogen (secondary N) is 2. The van der Waals surface area contributed by atoms with Gasteiger partial charge in [0.1, 0.15) is 10.6 Å². The molecule has 2 amide bonds. The molecule has 0 spiro atoms. The number of nitrogens with zero attached hydrogens (tertiary/aromatic N) is 3. The summed E-state index contributed by atoms with van der Waals surface area (Å²) in [6, 6.07) is -0.931. The molecule has 2 heterocycles. The number of aromatic nitrogens is 1. The van der Waals surface area contributed by atoms with Crippen molar-refractivity contribution >= 4 is 21.8 Å². The molecule has 0 bridgehead atoms. The first-order valence-electron chi connectivity index (χ1n) is 9.87. The van der Waals surface area contributed by atoms with Gasteiger partial charge < -0.3 is 19.5 Å². The highest BCUT2D eigenvalue weighted by Gasteiger charge is 2.31. The highest BCUT2D eigenvalue weighted by molar-refractivity contribution is 7.89. The molecule has 1 aromatic rings. The van der Waals surface area contributed by atoms with E-state index in [0.717, 1.165) is 6.42 Å². The third-order valence-corrected chi connectivity index (χ3v) is 6.62. The van der Waals surface area contributed by atoms with Crippen LogP contribution in [0.1, 0.15) is 24.8 Å². The van der Waals surface area contributed by atoms with Gasteiger partial charge in [0.2, 0.25) is 21.8 Å². The molecule has 0 radical (unpaired) electrons. The Bertz CT molecular complexity index is 813. The summed E-state index contributed by atoms with van der Waals surface area (Å²) in [6.45, 7) is 7.91. The Labute approximate surface area is 177 Å². The number of carbonyl (C=O) groups excluding carboxylic acids is 2. The Morgan fingerprint density at radius 1 is 1.23 bits per heavy atom. The Morgan fingerprint density at radius 2 is 1.90 bits per heavy atom. The average Bonchev–Trinajstić information content (AvgIpc) is 3.04. The lowest BCUT2D eigenvalue weighted by Crippen LogP contribution is -2.55. The number of aryl methyl sites for hydroxylation is 2. The Morgan fingerprint density at radius 3 is 2.47 bits per heavy atom. The number of methoxy groups -OCH3 is 1. The summed E-state index contributed by atoms with van der Waals surface area (Å²) in [5.41, 5.74) is 0.244. The van der Waals surface area contributed by atoms with Crippen LogP contribution in [0.2, 0.25) is 0 Å². The van der Waals surface area contributed by atoms with Crippen molar-refractivity contribution in [2.75, 3.05) is 53.0 Å². The van der Waals surface area contributed by atoms with Crippen molar-refractivity contribution in [1.29, 1.82) is 0 Å². The summed E-state index contributed by atoms with van der Waals surface area (Å²) in [7, 11) is -2.31. The standard InChI is InChI=1S/C18H31N5O6S/c1-13-17(15(3)29-20-13)30(26,27)21-14(2)18(25)23-9-7-22(8-10-23)12-16(24)19-6-5-11-28-4/h14,21H,5-12H2,1-4H3,(H,19,24)/t14-/m0/s1. The zero-order valence-electron chi connectivity index (χ0n) is 17.9. The second kappa shape index (κ2) is 10.8. The minimum Gasteiger partial charge on any atom is -0.385 e. The predicted molar refractivity (Wildman–Crippen MR) is 108 cm³/mol. The second-order valence-electron chi connectivity index (χ2n) is 7.29. The summed E-state index contributed by atoms with van der Waals surface area (Å²) in [5.74, 6) is -0.200. The lowest BCUT2D eigenvalue weighted by molar-refractivity contribution is -0.134. The number of sulfonamides is 1. The van der Waals surface area contributed by atoms with E-state index in [-0.39, 0.29) is 34.7 Å². The van der Waals surface area contributed by atoms with Gasteiger partial charge in [0, 0.05) is 46.4 Å². The molecule has 2 rings (SSSR count). The van der Waals surface area contributed by atoms with Gasteiger partial charge in [-0.25, -0.2) is 8.42 Å². The number of rotatable bonds is 10. The van der Waals surface area contributed by atoms with Crippen LogP contribution in [-0.4, -0.2) is 94.2 Å². The zero-order chi connectivity index (χ0) is 22.3. The largest absolute Gasteiger partial charge is 0.385 e. The highest BCUT2D eigenvalue weighted by atomic mass is 32.2. The molecule has 11 nitrogen and oxygen atoms in total. The van der Waals surface area contributed by atoms with Gasteiger partial charge in [0.25, 0.3) is 0 Å².